The Hall–Kier alpha value is -0.880. The summed E-state index contributed by atoms with van der Waals surface area (Å²) in [7, 11) is 0. The van der Waals surface area contributed by atoms with Crippen LogP contribution in [0.4, 0.5) is 13.2 Å². The van der Waals surface area contributed by atoms with E-state index in [-0.39, 0.29) is 10.6 Å². The highest BCUT2D eigenvalue weighted by molar-refractivity contribution is 7.99. The summed E-state index contributed by atoms with van der Waals surface area (Å²) in [5, 5.41) is 0. The molecule has 0 atom stereocenters. The number of aromatic nitrogens is 2. The lowest BCUT2D eigenvalue weighted by atomic mass is 10.1. The van der Waals surface area contributed by atoms with Crippen molar-refractivity contribution in [3.63, 3.8) is 0 Å². The number of halogens is 4. The fraction of sp³-hybridized carbons (Fsp3) is 0.500. The van der Waals surface area contributed by atoms with Gasteiger partial charge in [0.05, 0.1) is 22.5 Å². The molecular weight excluding hydrogens is 321 g/mol. The van der Waals surface area contributed by atoms with Crippen molar-refractivity contribution in [1.82, 2.24) is 9.55 Å². The van der Waals surface area contributed by atoms with Gasteiger partial charge in [0.15, 0.2) is 0 Å². The topological polar surface area (TPSA) is 17.8 Å². The molecule has 0 radical (unpaired) electrons. The van der Waals surface area contributed by atoms with Crippen LogP contribution in [0.25, 0.3) is 11.0 Å². The van der Waals surface area contributed by atoms with E-state index < -0.39 is 11.7 Å². The number of imidazole rings is 1. The van der Waals surface area contributed by atoms with E-state index in [4.69, 9.17) is 11.6 Å². The number of benzene rings is 1. The van der Waals surface area contributed by atoms with E-state index in [1.54, 1.807) is 11.8 Å². The maximum absolute atomic E-state index is 12.8. The fourth-order valence-electron chi connectivity index (χ4n) is 2.08. The van der Waals surface area contributed by atoms with Gasteiger partial charge in [0.1, 0.15) is 5.82 Å². The first-order valence-electron chi connectivity index (χ1n) is 6.35. The number of alkyl halides is 4. The third-order valence-electron chi connectivity index (χ3n) is 3.37. The Kier molecular flexibility index (Phi) is 4.49. The van der Waals surface area contributed by atoms with Crippen LogP contribution in [0.5, 0.6) is 0 Å². The molecule has 21 heavy (non-hydrogen) atoms. The lowest BCUT2D eigenvalue weighted by Crippen LogP contribution is -2.23. The standard InChI is InChI=1S/C14H16ClF3N2S/c1-13(2,21-3)8-20-11-5-4-9(14(16,17)18)6-10(11)19-12(20)7-15/h4-6H,7-8H2,1-3H3. The van der Waals surface area contributed by atoms with Crippen molar-refractivity contribution in [3.05, 3.63) is 29.6 Å². The van der Waals surface area contributed by atoms with Crippen molar-refractivity contribution < 1.29 is 13.2 Å². The first-order valence-corrected chi connectivity index (χ1v) is 8.11. The summed E-state index contributed by atoms with van der Waals surface area (Å²) in [6.07, 6.45) is -2.36. The quantitative estimate of drug-likeness (QED) is 0.736. The molecule has 0 aliphatic carbocycles. The Morgan fingerprint density at radius 2 is 1.95 bits per heavy atom. The van der Waals surface area contributed by atoms with Crippen LogP contribution in [0.15, 0.2) is 18.2 Å². The fourth-order valence-corrected chi connectivity index (χ4v) is 2.54. The summed E-state index contributed by atoms with van der Waals surface area (Å²) in [6, 6.07) is 3.64. The minimum absolute atomic E-state index is 0.0584. The van der Waals surface area contributed by atoms with Gasteiger partial charge in [-0.2, -0.15) is 24.9 Å². The molecule has 0 saturated heterocycles. The van der Waals surface area contributed by atoms with Gasteiger partial charge in [0, 0.05) is 11.3 Å². The van der Waals surface area contributed by atoms with E-state index in [0.29, 0.717) is 23.4 Å². The third-order valence-corrected chi connectivity index (χ3v) is 4.84. The molecule has 116 valence electrons. The Labute approximate surface area is 130 Å². The average molecular weight is 337 g/mol. The average Bonchev–Trinajstić information content (AvgIpc) is 2.74. The van der Waals surface area contributed by atoms with Crippen molar-refractivity contribution in [2.75, 3.05) is 6.26 Å². The Morgan fingerprint density at radius 3 is 2.48 bits per heavy atom. The van der Waals surface area contributed by atoms with Gasteiger partial charge in [-0.15, -0.1) is 11.6 Å². The number of nitrogens with zero attached hydrogens (tertiary/aromatic N) is 2. The minimum Gasteiger partial charge on any atom is -0.326 e. The van der Waals surface area contributed by atoms with Crippen molar-refractivity contribution in [2.24, 2.45) is 0 Å². The Morgan fingerprint density at radius 1 is 1.29 bits per heavy atom. The minimum atomic E-state index is -4.36. The molecule has 0 amide bonds. The van der Waals surface area contributed by atoms with Gasteiger partial charge < -0.3 is 4.57 Å². The van der Waals surface area contributed by atoms with Gasteiger partial charge in [0.25, 0.3) is 0 Å². The molecule has 2 rings (SSSR count). The summed E-state index contributed by atoms with van der Waals surface area (Å²) in [5.74, 6) is 0.758. The Bertz CT molecular complexity index is 649. The highest BCUT2D eigenvalue weighted by Gasteiger charge is 2.31. The van der Waals surface area contributed by atoms with Crippen molar-refractivity contribution in [2.45, 2.75) is 37.2 Å². The highest BCUT2D eigenvalue weighted by Crippen LogP contribution is 2.33. The van der Waals surface area contributed by atoms with Crippen LogP contribution in [0.2, 0.25) is 0 Å². The van der Waals surface area contributed by atoms with Gasteiger partial charge in [-0.05, 0) is 38.3 Å². The molecule has 7 heteroatoms. The second-order valence-corrected chi connectivity index (χ2v) is 7.19. The molecule has 0 saturated carbocycles. The van der Waals surface area contributed by atoms with Gasteiger partial charge in [-0.3, -0.25) is 0 Å². The van der Waals surface area contributed by atoms with Crippen LogP contribution >= 0.6 is 23.4 Å². The van der Waals surface area contributed by atoms with Crippen LogP contribution in [0.3, 0.4) is 0 Å². The predicted molar refractivity (Wildman–Crippen MR) is 81.9 cm³/mol. The summed E-state index contributed by atoms with van der Waals surface area (Å²) in [4.78, 5) is 4.25. The molecule has 0 N–H and O–H groups in total. The van der Waals surface area contributed by atoms with Gasteiger partial charge in [-0.25, -0.2) is 4.98 Å². The van der Waals surface area contributed by atoms with E-state index in [9.17, 15) is 13.2 Å². The predicted octanol–water partition coefficient (Wildman–Crippen LogP) is 4.94. The van der Waals surface area contributed by atoms with Crippen molar-refractivity contribution in [3.8, 4) is 0 Å². The smallest absolute Gasteiger partial charge is 0.326 e. The first kappa shape index (κ1) is 16.5. The number of fused-ring (bicyclic) bond motifs is 1. The molecule has 0 fully saturated rings. The van der Waals surface area contributed by atoms with Crippen molar-refractivity contribution >= 4 is 34.4 Å². The molecule has 1 aromatic carbocycles. The molecule has 0 aliphatic heterocycles. The van der Waals surface area contributed by atoms with Gasteiger partial charge in [-0.1, -0.05) is 0 Å². The molecule has 0 unspecified atom stereocenters. The zero-order valence-corrected chi connectivity index (χ0v) is 13.5. The lowest BCUT2D eigenvalue weighted by Gasteiger charge is -2.24. The zero-order chi connectivity index (χ0) is 15.8. The van der Waals surface area contributed by atoms with E-state index >= 15 is 0 Å². The number of hydrogen-bond donors (Lipinski definition) is 0. The number of thioether (sulfide) groups is 1. The van der Waals surface area contributed by atoms with Crippen LogP contribution in [-0.4, -0.2) is 20.6 Å². The molecule has 0 spiro atoms. The van der Waals surface area contributed by atoms with E-state index in [1.807, 2.05) is 10.8 Å². The van der Waals surface area contributed by atoms with Crippen LogP contribution in [0.1, 0.15) is 25.2 Å². The van der Waals surface area contributed by atoms with Crippen molar-refractivity contribution in [1.29, 1.82) is 0 Å². The first-order chi connectivity index (χ1) is 9.68. The van der Waals surface area contributed by atoms with E-state index in [1.165, 1.54) is 6.07 Å². The molecule has 0 bridgehead atoms. The van der Waals surface area contributed by atoms with Crippen LogP contribution in [0, 0.1) is 0 Å². The highest BCUT2D eigenvalue weighted by atomic mass is 35.5. The molecule has 1 heterocycles. The third kappa shape index (κ3) is 3.48. The Balaban J connectivity index is 2.55. The molecular formula is C14H16ClF3N2S. The second-order valence-electron chi connectivity index (χ2n) is 5.41. The molecule has 2 aromatic rings. The zero-order valence-electron chi connectivity index (χ0n) is 12.0. The summed E-state index contributed by atoms with van der Waals surface area (Å²) >= 11 is 7.58. The van der Waals surface area contributed by atoms with Crippen LogP contribution in [-0.2, 0) is 18.6 Å². The number of hydrogen-bond acceptors (Lipinski definition) is 2. The van der Waals surface area contributed by atoms with Gasteiger partial charge >= 0.3 is 6.18 Å². The number of rotatable bonds is 4. The molecule has 0 aliphatic rings. The molecule has 2 nitrogen and oxygen atoms in total. The maximum atomic E-state index is 12.8. The largest absolute Gasteiger partial charge is 0.416 e. The lowest BCUT2D eigenvalue weighted by molar-refractivity contribution is -0.137. The van der Waals surface area contributed by atoms with Crippen LogP contribution < -0.4 is 0 Å². The SMILES string of the molecule is CSC(C)(C)Cn1c(CCl)nc2cc(C(F)(F)F)ccc21. The van der Waals surface area contributed by atoms with Gasteiger partial charge in [0.2, 0.25) is 0 Å². The monoisotopic (exact) mass is 336 g/mol. The summed E-state index contributed by atoms with van der Waals surface area (Å²) in [5.41, 5.74) is 0.322. The normalized spacial score (nSPS) is 13.1. The molecule has 1 aromatic heterocycles. The van der Waals surface area contributed by atoms with E-state index in [0.717, 1.165) is 12.1 Å². The summed E-state index contributed by atoms with van der Waals surface area (Å²) < 4.78 is 40.1. The maximum Gasteiger partial charge on any atom is 0.416 e. The van der Waals surface area contributed by atoms with E-state index in [2.05, 4.69) is 18.8 Å². The second kappa shape index (κ2) is 5.72. The summed E-state index contributed by atoms with van der Waals surface area (Å²) in [6.45, 7) is 4.79.